The number of aromatic nitrogens is 5. The van der Waals surface area contributed by atoms with Crippen molar-refractivity contribution in [1.29, 1.82) is 5.26 Å². The molecule has 7 heterocycles. The smallest absolute Gasteiger partial charge is 0.412 e. The Morgan fingerprint density at radius 2 is 1.98 bits per heavy atom. The van der Waals surface area contributed by atoms with Crippen molar-refractivity contribution in [3.05, 3.63) is 23.3 Å². The lowest BCUT2D eigenvalue weighted by molar-refractivity contribution is -0.0123. The number of benzene rings is 1. The zero-order valence-electron chi connectivity index (χ0n) is 31.4. The highest BCUT2D eigenvalue weighted by Crippen LogP contribution is 2.47. The number of hydrogen-bond acceptors (Lipinski definition) is 12. The maximum atomic E-state index is 16.3. The van der Waals surface area contributed by atoms with Gasteiger partial charge < -0.3 is 28.8 Å². The van der Waals surface area contributed by atoms with Crippen LogP contribution in [0, 0.1) is 23.0 Å². The third kappa shape index (κ3) is 6.40. The first-order chi connectivity index (χ1) is 26.0. The van der Waals surface area contributed by atoms with Gasteiger partial charge in [0.05, 0.1) is 57.5 Å². The lowest BCUT2D eigenvalue weighted by atomic mass is 9.95. The lowest BCUT2D eigenvalue weighted by Crippen LogP contribution is -2.44. The topological polar surface area (TPSA) is 156 Å². The quantitative estimate of drug-likeness (QED) is 0.216. The summed E-state index contributed by atoms with van der Waals surface area (Å²) in [5.41, 5.74) is -1.42. The highest BCUT2D eigenvalue weighted by molar-refractivity contribution is 7.23. The number of nitrogens with zero attached hydrogens (tertiary/aromatic N) is 8. The molecule has 55 heavy (non-hydrogen) atoms. The summed E-state index contributed by atoms with van der Waals surface area (Å²) in [6.07, 6.45) is 0.284. The van der Waals surface area contributed by atoms with Crippen LogP contribution in [0.2, 0.25) is 0 Å². The number of thiophene rings is 1. The van der Waals surface area contributed by atoms with E-state index < -0.39 is 40.6 Å². The van der Waals surface area contributed by atoms with E-state index in [9.17, 15) is 19.6 Å². The third-order valence-electron chi connectivity index (χ3n) is 10.6. The fourth-order valence-electron chi connectivity index (χ4n) is 8.41. The van der Waals surface area contributed by atoms with Crippen LogP contribution in [0.3, 0.4) is 0 Å². The van der Waals surface area contributed by atoms with Crippen LogP contribution < -0.4 is 15.0 Å². The number of anilines is 2. The molecule has 0 bridgehead atoms. The first kappa shape index (κ1) is 37.2. The van der Waals surface area contributed by atoms with Gasteiger partial charge >= 0.3 is 12.1 Å². The van der Waals surface area contributed by atoms with Gasteiger partial charge in [0.1, 0.15) is 58.2 Å². The van der Waals surface area contributed by atoms with Crippen molar-refractivity contribution in [2.24, 2.45) is 14.1 Å². The summed E-state index contributed by atoms with van der Waals surface area (Å²) < 4.78 is 67.1. The Morgan fingerprint density at radius 1 is 1.20 bits per heavy atom. The van der Waals surface area contributed by atoms with Gasteiger partial charge in [0, 0.05) is 45.1 Å². The molecule has 18 heteroatoms. The van der Waals surface area contributed by atoms with Gasteiger partial charge in [0.25, 0.3) is 0 Å². The minimum absolute atomic E-state index is 0.00580. The maximum absolute atomic E-state index is 16.3. The lowest BCUT2D eigenvalue weighted by Gasteiger charge is -2.31. The SMILES string of the molecule is Cn1nc(-c2c(F)cc(F)c3sc(NC(=O)OC(C)(C)C)c(C#N)c23)c2c1c1c(N3CCOC[C@@](C)(O)C3)nc(OC[C@@]34CCCN3C[C@H](F)C4)nc1n2C. The van der Waals surface area contributed by atoms with Gasteiger partial charge in [-0.3, -0.25) is 14.9 Å². The minimum Gasteiger partial charge on any atom is -0.461 e. The summed E-state index contributed by atoms with van der Waals surface area (Å²) in [4.78, 5) is 26.6. The molecular weight excluding hydrogens is 740 g/mol. The first-order valence-corrected chi connectivity index (χ1v) is 19.0. The Balaban J connectivity index is 1.32. The highest BCUT2D eigenvalue weighted by atomic mass is 32.1. The molecule has 0 spiro atoms. The fraction of sp³-hybridized carbons (Fsp3) is 0.541. The molecule has 1 aromatic carbocycles. The predicted molar refractivity (Wildman–Crippen MR) is 200 cm³/mol. The van der Waals surface area contributed by atoms with Crippen LogP contribution in [-0.2, 0) is 23.6 Å². The fourth-order valence-corrected chi connectivity index (χ4v) is 9.46. The molecule has 3 aliphatic rings. The summed E-state index contributed by atoms with van der Waals surface area (Å²) in [7, 11) is 3.41. The Kier molecular flexibility index (Phi) is 8.94. The molecule has 0 radical (unpaired) electrons. The molecule has 8 rings (SSSR count). The van der Waals surface area contributed by atoms with E-state index in [4.69, 9.17) is 29.3 Å². The van der Waals surface area contributed by atoms with Crippen molar-refractivity contribution < 1.29 is 37.3 Å². The second-order valence-electron chi connectivity index (χ2n) is 16.1. The summed E-state index contributed by atoms with van der Waals surface area (Å²) >= 11 is 0.790. The number of aryl methyl sites for hydroxylation is 2. The molecule has 3 fully saturated rings. The molecule has 4 aromatic heterocycles. The molecule has 0 saturated carbocycles. The van der Waals surface area contributed by atoms with Crippen LogP contribution in [0.5, 0.6) is 6.01 Å². The van der Waals surface area contributed by atoms with Gasteiger partial charge in [-0.05, 0) is 47.1 Å². The second-order valence-corrected chi connectivity index (χ2v) is 17.1. The number of halogens is 3. The Labute approximate surface area is 318 Å². The molecule has 292 valence electrons. The maximum Gasteiger partial charge on any atom is 0.412 e. The zero-order valence-corrected chi connectivity index (χ0v) is 32.2. The van der Waals surface area contributed by atoms with Gasteiger partial charge in [0.2, 0.25) is 0 Å². The van der Waals surface area contributed by atoms with Crippen molar-refractivity contribution in [1.82, 2.24) is 29.2 Å². The van der Waals surface area contributed by atoms with E-state index in [1.807, 2.05) is 11.0 Å². The number of carbonyl (C=O) groups excluding carboxylic acids is 1. The molecule has 3 saturated heterocycles. The Morgan fingerprint density at radius 3 is 2.73 bits per heavy atom. The number of nitriles is 1. The summed E-state index contributed by atoms with van der Waals surface area (Å²) in [6.45, 7) is 8.98. The number of amides is 1. The van der Waals surface area contributed by atoms with Crippen molar-refractivity contribution in [2.75, 3.05) is 56.2 Å². The summed E-state index contributed by atoms with van der Waals surface area (Å²) in [5, 5.41) is 29.3. The molecule has 3 atom stereocenters. The van der Waals surface area contributed by atoms with Crippen LogP contribution in [0.15, 0.2) is 6.07 Å². The average molecular weight is 782 g/mol. The van der Waals surface area contributed by atoms with Crippen molar-refractivity contribution in [3.8, 4) is 23.3 Å². The zero-order chi connectivity index (χ0) is 39.2. The molecule has 3 aliphatic heterocycles. The van der Waals surface area contributed by atoms with E-state index in [2.05, 4.69) is 10.2 Å². The van der Waals surface area contributed by atoms with Crippen molar-refractivity contribution >= 4 is 60.4 Å². The standard InChI is InChI=1S/C37H42F3N9O5S/c1-35(2,3)54-34(50)44-32-20(14-41)23-24(21(39)12-22(40)29(23)55-32)26-28-27(47(6)45-26)25-30(46(28)5)42-33(43-31(25)48-10-11-52-17-36(4,51)16-48)53-18-37-8-7-9-49(37)15-19(38)13-37/h12,19,51H,7-11,13,15-18H2,1-6H3,(H,44,50)/t19-,36+,37+/m1/s1. The van der Waals surface area contributed by atoms with E-state index in [1.165, 1.54) is 0 Å². The molecule has 0 unspecified atom stereocenters. The largest absolute Gasteiger partial charge is 0.461 e. The van der Waals surface area contributed by atoms with Gasteiger partial charge in [0.15, 0.2) is 5.65 Å². The van der Waals surface area contributed by atoms with Crippen LogP contribution in [0.4, 0.5) is 28.8 Å². The molecule has 2 N–H and O–H groups in total. The van der Waals surface area contributed by atoms with E-state index in [0.717, 1.165) is 36.8 Å². The number of rotatable bonds is 6. The number of hydrogen-bond donors (Lipinski definition) is 2. The number of β-amino-alcohol motifs (C(OH)–C–C–N with tert-alkyl or cyclic N) is 1. The predicted octanol–water partition coefficient (Wildman–Crippen LogP) is 5.78. The Bertz CT molecular complexity index is 2410. The third-order valence-corrected chi connectivity index (χ3v) is 11.7. The van der Waals surface area contributed by atoms with Crippen LogP contribution >= 0.6 is 11.3 Å². The van der Waals surface area contributed by atoms with Gasteiger partial charge in [-0.1, -0.05) is 0 Å². The number of fused-ring (bicyclic) bond motifs is 5. The number of alkyl halides is 1. The molecular formula is C37H42F3N9O5S. The van der Waals surface area contributed by atoms with Crippen molar-refractivity contribution in [3.63, 3.8) is 0 Å². The monoisotopic (exact) mass is 781 g/mol. The normalized spacial score (nSPS) is 23.4. The molecule has 1 amide bonds. The van der Waals surface area contributed by atoms with Crippen LogP contribution in [0.1, 0.15) is 52.5 Å². The van der Waals surface area contributed by atoms with Gasteiger partial charge in [-0.25, -0.2) is 18.0 Å². The van der Waals surface area contributed by atoms with Gasteiger partial charge in [-0.15, -0.1) is 11.3 Å². The van der Waals surface area contributed by atoms with E-state index in [1.54, 1.807) is 51.0 Å². The number of carbonyl (C=O) groups is 1. The number of aliphatic hydroxyl groups is 1. The molecule has 14 nitrogen and oxygen atoms in total. The first-order valence-electron chi connectivity index (χ1n) is 18.1. The van der Waals surface area contributed by atoms with E-state index in [-0.39, 0.29) is 57.7 Å². The highest BCUT2D eigenvalue weighted by Gasteiger charge is 2.49. The number of nitrogens with one attached hydrogen (secondary N) is 1. The molecule has 0 aliphatic carbocycles. The van der Waals surface area contributed by atoms with Crippen LogP contribution in [0.25, 0.3) is 43.4 Å². The van der Waals surface area contributed by atoms with E-state index in [0.29, 0.717) is 54.0 Å². The summed E-state index contributed by atoms with van der Waals surface area (Å²) in [5.74, 6) is -1.46. The summed E-state index contributed by atoms with van der Waals surface area (Å²) in [6, 6.07) is 2.82. The van der Waals surface area contributed by atoms with Crippen LogP contribution in [-0.4, -0.2) is 109 Å². The van der Waals surface area contributed by atoms with Crippen molar-refractivity contribution in [2.45, 2.75) is 69.9 Å². The van der Waals surface area contributed by atoms with Gasteiger partial charge in [-0.2, -0.15) is 20.3 Å². The number of ether oxygens (including phenoxy) is 3. The van der Waals surface area contributed by atoms with E-state index >= 15 is 8.78 Å². The Hall–Kier alpha value is -4.70. The average Bonchev–Trinajstić information content (AvgIpc) is 3.85. The minimum atomic E-state index is -1.23. The molecule has 5 aromatic rings. The second kappa shape index (κ2) is 13.2.